The van der Waals surface area contributed by atoms with E-state index >= 15 is 0 Å². The number of anilines is 2. The molecule has 1 fully saturated rings. The number of hydrogen-bond acceptors (Lipinski definition) is 3. The number of carbonyl (C=O) groups is 2. The Kier molecular flexibility index (Phi) is 6.68. The largest absolute Gasteiger partial charge is 0.416 e. The van der Waals surface area contributed by atoms with Crippen molar-refractivity contribution in [3.8, 4) is 0 Å². The fourth-order valence-electron chi connectivity index (χ4n) is 3.86. The molecule has 4 rings (SSSR count). The molecule has 0 radical (unpaired) electrons. The van der Waals surface area contributed by atoms with Crippen molar-refractivity contribution < 1.29 is 22.8 Å². The van der Waals surface area contributed by atoms with Gasteiger partial charge < -0.3 is 5.32 Å². The molecule has 35 heavy (non-hydrogen) atoms. The second kappa shape index (κ2) is 9.41. The number of benzene rings is 3. The first kappa shape index (κ1) is 24.9. The average Bonchev–Trinajstić information content (AvgIpc) is 3.19. The Morgan fingerprint density at radius 2 is 1.57 bits per heavy atom. The molecule has 0 saturated carbocycles. The van der Waals surface area contributed by atoms with E-state index in [1.165, 1.54) is 28.8 Å². The van der Waals surface area contributed by atoms with Gasteiger partial charge in [-0.1, -0.05) is 45.0 Å². The minimum absolute atomic E-state index is 0.0152. The van der Waals surface area contributed by atoms with Crippen LogP contribution in [0.25, 0.3) is 0 Å². The van der Waals surface area contributed by atoms with Crippen molar-refractivity contribution in [2.45, 2.75) is 37.7 Å². The predicted molar refractivity (Wildman–Crippen MR) is 134 cm³/mol. The lowest BCUT2D eigenvalue weighted by atomic mass is 9.87. The van der Waals surface area contributed by atoms with Crippen molar-refractivity contribution in [3.05, 3.63) is 95.1 Å². The molecule has 3 aromatic carbocycles. The molecule has 0 aliphatic carbocycles. The zero-order chi connectivity index (χ0) is 25.4. The summed E-state index contributed by atoms with van der Waals surface area (Å²) in [6.45, 7) is 6.31. The molecule has 1 atom stereocenters. The Morgan fingerprint density at radius 1 is 0.943 bits per heavy atom. The number of thioether (sulfide) groups is 1. The summed E-state index contributed by atoms with van der Waals surface area (Å²) in [5.41, 5.74) is 2.60. The maximum atomic E-state index is 12.9. The minimum Gasteiger partial charge on any atom is -0.322 e. The number of carbonyl (C=O) groups excluding carboxylic acids is 2. The lowest BCUT2D eigenvalue weighted by molar-refractivity contribution is -0.137. The average molecular weight is 499 g/mol. The Labute approximate surface area is 206 Å². The number of halogens is 3. The van der Waals surface area contributed by atoms with Crippen LogP contribution in [0.1, 0.15) is 53.2 Å². The Bertz CT molecular complexity index is 1230. The van der Waals surface area contributed by atoms with Gasteiger partial charge in [0.15, 0.2) is 0 Å². The first-order valence-corrected chi connectivity index (χ1v) is 12.1. The highest BCUT2D eigenvalue weighted by Gasteiger charge is 2.35. The monoisotopic (exact) mass is 498 g/mol. The number of rotatable bonds is 4. The van der Waals surface area contributed by atoms with Gasteiger partial charge in [-0.15, -0.1) is 11.8 Å². The fourth-order valence-corrected chi connectivity index (χ4v) is 5.02. The van der Waals surface area contributed by atoms with E-state index in [2.05, 4.69) is 26.1 Å². The van der Waals surface area contributed by atoms with Crippen LogP contribution >= 0.6 is 11.8 Å². The molecule has 1 saturated heterocycles. The summed E-state index contributed by atoms with van der Waals surface area (Å²) >= 11 is 1.39. The number of nitrogens with one attached hydrogen (secondary N) is 1. The summed E-state index contributed by atoms with van der Waals surface area (Å²) < 4.78 is 38.8. The lowest BCUT2D eigenvalue weighted by Crippen LogP contribution is -2.28. The molecular formula is C27H25F3N2O2S. The maximum absolute atomic E-state index is 12.9. The molecule has 1 aliphatic heterocycles. The molecule has 1 N–H and O–H groups in total. The van der Waals surface area contributed by atoms with Gasteiger partial charge in [0.05, 0.1) is 11.3 Å². The quantitative estimate of drug-likeness (QED) is 0.420. The van der Waals surface area contributed by atoms with Gasteiger partial charge in [0.25, 0.3) is 5.91 Å². The van der Waals surface area contributed by atoms with Crippen LogP contribution in [0.5, 0.6) is 0 Å². The van der Waals surface area contributed by atoms with Crippen molar-refractivity contribution >= 4 is 35.0 Å². The minimum atomic E-state index is -4.44. The molecule has 4 nitrogen and oxygen atoms in total. The van der Waals surface area contributed by atoms with E-state index in [0.717, 1.165) is 23.3 Å². The summed E-state index contributed by atoms with van der Waals surface area (Å²) in [7, 11) is 0. The van der Waals surface area contributed by atoms with Crippen LogP contribution in [0, 0.1) is 0 Å². The number of hydrogen-bond donors (Lipinski definition) is 1. The molecule has 0 spiro atoms. The van der Waals surface area contributed by atoms with Gasteiger partial charge in [0.2, 0.25) is 5.91 Å². The predicted octanol–water partition coefficient (Wildman–Crippen LogP) is 7.03. The Morgan fingerprint density at radius 3 is 2.17 bits per heavy atom. The Hall–Kier alpha value is -3.26. The third-order valence-corrected chi connectivity index (χ3v) is 7.00. The summed E-state index contributed by atoms with van der Waals surface area (Å²) in [5, 5.41) is 2.48. The lowest BCUT2D eigenvalue weighted by Gasteiger charge is -2.25. The van der Waals surface area contributed by atoms with E-state index < -0.39 is 17.1 Å². The van der Waals surface area contributed by atoms with Gasteiger partial charge in [-0.05, 0) is 65.1 Å². The van der Waals surface area contributed by atoms with E-state index in [9.17, 15) is 22.8 Å². The standard InChI is InChI=1S/C27H25F3N2O2S/c1-26(2,3)19-9-7-17(8-10-19)24(34)31-21-6-4-5-18(15-21)25-32(23(33)16-35-25)22-13-11-20(12-14-22)27(28,29)30/h4-15,25H,16H2,1-3H3,(H,31,34). The first-order chi connectivity index (χ1) is 16.4. The van der Waals surface area contributed by atoms with Crippen molar-refractivity contribution in [2.75, 3.05) is 16.0 Å². The van der Waals surface area contributed by atoms with Gasteiger partial charge in [-0.25, -0.2) is 0 Å². The van der Waals surface area contributed by atoms with E-state index in [4.69, 9.17) is 0 Å². The van der Waals surface area contributed by atoms with Gasteiger partial charge in [0.1, 0.15) is 5.37 Å². The van der Waals surface area contributed by atoms with Crippen LogP contribution in [0.4, 0.5) is 24.5 Å². The van der Waals surface area contributed by atoms with Crippen molar-refractivity contribution in [2.24, 2.45) is 0 Å². The number of amides is 2. The van der Waals surface area contributed by atoms with Crippen LogP contribution in [0.2, 0.25) is 0 Å². The van der Waals surface area contributed by atoms with Crippen LogP contribution in [0.3, 0.4) is 0 Å². The smallest absolute Gasteiger partial charge is 0.322 e. The molecule has 3 aromatic rings. The van der Waals surface area contributed by atoms with E-state index in [1.54, 1.807) is 30.3 Å². The van der Waals surface area contributed by atoms with Crippen LogP contribution in [0.15, 0.2) is 72.8 Å². The van der Waals surface area contributed by atoms with E-state index in [0.29, 0.717) is 16.9 Å². The maximum Gasteiger partial charge on any atom is 0.416 e. The third-order valence-electron chi connectivity index (χ3n) is 5.78. The molecule has 182 valence electrons. The van der Waals surface area contributed by atoms with Gasteiger partial charge >= 0.3 is 6.18 Å². The van der Waals surface area contributed by atoms with Gasteiger partial charge in [-0.3, -0.25) is 14.5 Å². The van der Waals surface area contributed by atoms with Gasteiger partial charge in [-0.2, -0.15) is 13.2 Å². The third kappa shape index (κ3) is 5.53. The SMILES string of the molecule is CC(C)(C)c1ccc(C(=O)Nc2cccc(C3SCC(=O)N3c3ccc(C(F)(F)F)cc3)c2)cc1. The summed E-state index contributed by atoms with van der Waals surface area (Å²) in [5.74, 6) is -0.229. The zero-order valence-electron chi connectivity index (χ0n) is 19.5. The number of alkyl halides is 3. The highest BCUT2D eigenvalue weighted by atomic mass is 32.2. The van der Waals surface area contributed by atoms with Crippen molar-refractivity contribution in [3.63, 3.8) is 0 Å². The van der Waals surface area contributed by atoms with Crippen molar-refractivity contribution in [1.29, 1.82) is 0 Å². The van der Waals surface area contributed by atoms with E-state index in [-0.39, 0.29) is 23.0 Å². The molecule has 0 bridgehead atoms. The summed E-state index contributed by atoms with van der Waals surface area (Å²) in [6.07, 6.45) is -4.44. The topological polar surface area (TPSA) is 49.4 Å². The van der Waals surface area contributed by atoms with Crippen LogP contribution in [-0.2, 0) is 16.4 Å². The molecule has 8 heteroatoms. The summed E-state index contributed by atoms with van der Waals surface area (Å²) in [6, 6.07) is 19.2. The highest BCUT2D eigenvalue weighted by Crippen LogP contribution is 2.43. The second-order valence-corrected chi connectivity index (χ2v) is 10.4. The first-order valence-electron chi connectivity index (χ1n) is 11.1. The van der Waals surface area contributed by atoms with Crippen LogP contribution < -0.4 is 10.2 Å². The normalized spacial score (nSPS) is 16.5. The van der Waals surface area contributed by atoms with Crippen LogP contribution in [-0.4, -0.2) is 17.6 Å². The molecule has 0 aromatic heterocycles. The Balaban J connectivity index is 1.53. The number of nitrogens with zero attached hydrogens (tertiary/aromatic N) is 1. The van der Waals surface area contributed by atoms with E-state index in [1.807, 2.05) is 18.2 Å². The van der Waals surface area contributed by atoms with Gasteiger partial charge in [0, 0.05) is 16.9 Å². The molecular weight excluding hydrogens is 473 g/mol. The zero-order valence-corrected chi connectivity index (χ0v) is 20.3. The fraction of sp³-hybridized carbons (Fsp3) is 0.259. The van der Waals surface area contributed by atoms with Crippen molar-refractivity contribution in [1.82, 2.24) is 0 Å². The molecule has 1 heterocycles. The molecule has 1 aliphatic rings. The highest BCUT2D eigenvalue weighted by molar-refractivity contribution is 8.00. The second-order valence-electron chi connectivity index (χ2n) is 9.38. The molecule has 1 unspecified atom stereocenters. The summed E-state index contributed by atoms with van der Waals surface area (Å²) in [4.78, 5) is 26.9. The molecule has 2 amide bonds.